The molecule has 3 nitrogen and oxygen atoms in total. The van der Waals surface area contributed by atoms with E-state index in [0.29, 0.717) is 6.61 Å². The third-order valence-corrected chi connectivity index (χ3v) is 2.55. The largest absolute Gasteiger partial charge is 0.466 e. The zero-order chi connectivity index (χ0) is 9.19. The first-order valence-corrected chi connectivity index (χ1v) is 4.51. The molecule has 1 aliphatic carbocycles. The summed E-state index contributed by atoms with van der Waals surface area (Å²) in [6.07, 6.45) is 2.58. The summed E-state index contributed by atoms with van der Waals surface area (Å²) in [5, 5.41) is 0. The number of hydrogen-bond acceptors (Lipinski definition) is 3. The maximum absolute atomic E-state index is 11.4. The normalized spacial score (nSPS) is 35.1. The van der Waals surface area contributed by atoms with Gasteiger partial charge in [-0.25, -0.2) is 0 Å². The lowest BCUT2D eigenvalue weighted by Gasteiger charge is -2.20. The zero-order valence-corrected chi connectivity index (χ0v) is 7.80. The minimum absolute atomic E-state index is 0.0852. The Balaban J connectivity index is 2.54. The van der Waals surface area contributed by atoms with Gasteiger partial charge in [-0.05, 0) is 33.1 Å². The van der Waals surface area contributed by atoms with Crippen molar-refractivity contribution in [1.82, 2.24) is 0 Å². The molecule has 0 saturated heterocycles. The molecule has 1 aliphatic rings. The molecule has 1 fully saturated rings. The lowest BCUT2D eigenvalue weighted by Crippen LogP contribution is -2.29. The molecule has 0 bridgehead atoms. The van der Waals surface area contributed by atoms with Crippen molar-refractivity contribution in [3.8, 4) is 0 Å². The molecule has 0 aromatic heterocycles. The third-order valence-electron chi connectivity index (χ3n) is 2.55. The maximum Gasteiger partial charge on any atom is 0.311 e. The van der Waals surface area contributed by atoms with Crippen LogP contribution in [0.2, 0.25) is 0 Å². The molecule has 1 saturated carbocycles. The van der Waals surface area contributed by atoms with E-state index in [1.54, 1.807) is 0 Å². The summed E-state index contributed by atoms with van der Waals surface area (Å²) in [7, 11) is 0. The van der Waals surface area contributed by atoms with Gasteiger partial charge < -0.3 is 10.5 Å². The summed E-state index contributed by atoms with van der Waals surface area (Å²) in [4.78, 5) is 11.4. The first-order chi connectivity index (χ1) is 5.58. The highest BCUT2D eigenvalue weighted by atomic mass is 16.5. The van der Waals surface area contributed by atoms with Crippen LogP contribution in [-0.2, 0) is 9.53 Å². The molecule has 0 aromatic carbocycles. The highest BCUT2D eigenvalue weighted by molar-refractivity contribution is 5.76. The monoisotopic (exact) mass is 171 g/mol. The molecule has 0 spiro atoms. The minimum atomic E-state index is -0.310. The van der Waals surface area contributed by atoms with Crippen molar-refractivity contribution in [3.05, 3.63) is 0 Å². The Morgan fingerprint density at radius 1 is 1.75 bits per heavy atom. The van der Waals surface area contributed by atoms with Gasteiger partial charge in [0.25, 0.3) is 0 Å². The Morgan fingerprint density at radius 2 is 2.42 bits per heavy atom. The molecule has 3 heteroatoms. The fourth-order valence-corrected chi connectivity index (χ4v) is 1.78. The van der Waals surface area contributed by atoms with Crippen molar-refractivity contribution in [1.29, 1.82) is 0 Å². The maximum atomic E-state index is 11.4. The molecule has 0 aliphatic heterocycles. The van der Waals surface area contributed by atoms with Gasteiger partial charge in [-0.3, -0.25) is 4.79 Å². The predicted molar refractivity (Wildman–Crippen MR) is 46.6 cm³/mol. The van der Waals surface area contributed by atoms with Crippen LogP contribution >= 0.6 is 0 Å². The first kappa shape index (κ1) is 9.52. The summed E-state index contributed by atoms with van der Waals surface area (Å²) in [6.45, 7) is 4.23. The van der Waals surface area contributed by atoms with Crippen molar-refractivity contribution in [2.24, 2.45) is 11.1 Å². The van der Waals surface area contributed by atoms with E-state index in [4.69, 9.17) is 10.5 Å². The van der Waals surface area contributed by atoms with Crippen LogP contribution in [0.25, 0.3) is 0 Å². The van der Waals surface area contributed by atoms with Gasteiger partial charge >= 0.3 is 5.97 Å². The van der Waals surface area contributed by atoms with Gasteiger partial charge in [0.15, 0.2) is 0 Å². The lowest BCUT2D eigenvalue weighted by molar-refractivity contribution is -0.154. The Morgan fingerprint density at radius 3 is 2.83 bits per heavy atom. The summed E-state index contributed by atoms with van der Waals surface area (Å²) >= 11 is 0. The highest BCUT2D eigenvalue weighted by Crippen LogP contribution is 2.37. The van der Waals surface area contributed by atoms with E-state index in [9.17, 15) is 4.79 Å². The van der Waals surface area contributed by atoms with Crippen LogP contribution in [0.5, 0.6) is 0 Å². The molecule has 2 N–H and O–H groups in total. The van der Waals surface area contributed by atoms with Crippen molar-refractivity contribution in [2.75, 3.05) is 6.61 Å². The highest BCUT2D eigenvalue weighted by Gasteiger charge is 2.40. The van der Waals surface area contributed by atoms with Crippen LogP contribution in [0.15, 0.2) is 0 Å². The van der Waals surface area contributed by atoms with Crippen LogP contribution in [0.1, 0.15) is 33.1 Å². The van der Waals surface area contributed by atoms with Crippen LogP contribution < -0.4 is 5.73 Å². The number of hydrogen-bond donors (Lipinski definition) is 1. The molecule has 0 heterocycles. The zero-order valence-electron chi connectivity index (χ0n) is 7.80. The van der Waals surface area contributed by atoms with Crippen molar-refractivity contribution in [3.63, 3.8) is 0 Å². The van der Waals surface area contributed by atoms with Crippen LogP contribution in [0.3, 0.4) is 0 Å². The smallest absolute Gasteiger partial charge is 0.311 e. The topological polar surface area (TPSA) is 52.3 Å². The first-order valence-electron chi connectivity index (χ1n) is 4.51. The predicted octanol–water partition coefficient (Wildman–Crippen LogP) is 1.07. The second kappa shape index (κ2) is 3.44. The van der Waals surface area contributed by atoms with E-state index < -0.39 is 0 Å². The summed E-state index contributed by atoms with van der Waals surface area (Å²) < 4.78 is 4.98. The average Bonchev–Trinajstić information content (AvgIpc) is 2.33. The van der Waals surface area contributed by atoms with Crippen molar-refractivity contribution >= 4 is 5.97 Å². The van der Waals surface area contributed by atoms with E-state index in [2.05, 4.69) is 0 Å². The fraction of sp³-hybridized carbons (Fsp3) is 0.889. The molecule has 0 amide bonds. The van der Waals surface area contributed by atoms with Crippen LogP contribution in [0.4, 0.5) is 0 Å². The molecule has 12 heavy (non-hydrogen) atoms. The molecule has 2 unspecified atom stereocenters. The molecule has 70 valence electrons. The number of rotatable bonds is 2. The number of carbonyl (C=O) groups excluding carboxylic acids is 1. The Bertz CT molecular complexity index is 181. The van der Waals surface area contributed by atoms with Gasteiger partial charge in [-0.15, -0.1) is 0 Å². The van der Waals surface area contributed by atoms with E-state index >= 15 is 0 Å². The third kappa shape index (κ3) is 1.78. The van der Waals surface area contributed by atoms with E-state index in [1.165, 1.54) is 0 Å². The van der Waals surface area contributed by atoms with Crippen molar-refractivity contribution in [2.45, 2.75) is 39.2 Å². The Hall–Kier alpha value is -0.570. The van der Waals surface area contributed by atoms with Gasteiger partial charge in [-0.2, -0.15) is 0 Å². The van der Waals surface area contributed by atoms with Gasteiger partial charge in [0.1, 0.15) is 0 Å². The molecule has 1 rings (SSSR count). The number of esters is 1. The summed E-state index contributed by atoms with van der Waals surface area (Å²) in [6, 6.07) is 0.180. The molecule has 2 atom stereocenters. The standard InChI is InChI=1S/C9H17NO2/c1-3-12-8(11)9(2)5-4-7(10)6-9/h7H,3-6,10H2,1-2H3. The fourth-order valence-electron chi connectivity index (χ4n) is 1.78. The van der Waals surface area contributed by atoms with Crippen LogP contribution in [0, 0.1) is 5.41 Å². The SMILES string of the molecule is CCOC(=O)C1(C)CCC(N)C1. The van der Waals surface area contributed by atoms with Crippen LogP contribution in [-0.4, -0.2) is 18.6 Å². The summed E-state index contributed by atoms with van der Waals surface area (Å²) in [5.74, 6) is -0.0852. The number of nitrogens with two attached hydrogens (primary N) is 1. The van der Waals surface area contributed by atoms with Gasteiger partial charge in [0.05, 0.1) is 12.0 Å². The Labute approximate surface area is 73.3 Å². The number of ether oxygens (including phenoxy) is 1. The minimum Gasteiger partial charge on any atom is -0.466 e. The van der Waals surface area contributed by atoms with Gasteiger partial charge in [0.2, 0.25) is 0 Å². The lowest BCUT2D eigenvalue weighted by atomic mass is 9.89. The molecular formula is C9H17NO2. The molecular weight excluding hydrogens is 154 g/mol. The Kier molecular flexibility index (Phi) is 2.73. The van der Waals surface area contributed by atoms with Gasteiger partial charge in [0, 0.05) is 6.04 Å². The average molecular weight is 171 g/mol. The second-order valence-electron chi connectivity index (χ2n) is 3.78. The second-order valence-corrected chi connectivity index (χ2v) is 3.78. The van der Waals surface area contributed by atoms with E-state index in [-0.39, 0.29) is 17.4 Å². The molecule has 0 aromatic rings. The van der Waals surface area contributed by atoms with E-state index in [0.717, 1.165) is 19.3 Å². The summed E-state index contributed by atoms with van der Waals surface area (Å²) in [5.41, 5.74) is 5.43. The quantitative estimate of drug-likeness (QED) is 0.632. The molecule has 0 radical (unpaired) electrons. The van der Waals surface area contributed by atoms with Crippen molar-refractivity contribution < 1.29 is 9.53 Å². The van der Waals surface area contributed by atoms with E-state index in [1.807, 2.05) is 13.8 Å². The van der Waals surface area contributed by atoms with Gasteiger partial charge in [-0.1, -0.05) is 0 Å². The number of carbonyl (C=O) groups is 1.